The SMILES string of the molecule is CCOC(=O)c1ccc(N2C(=O)C3Sc4[nH]c(=O)sc4C(c4cc(Cl)ccc4OCc4ccccc4)C3C2=O)cc1. The number of carbonyl (C=O) groups excluding carboxylic acids is 3. The highest BCUT2D eigenvalue weighted by Gasteiger charge is 2.56. The lowest BCUT2D eigenvalue weighted by molar-refractivity contribution is -0.122. The van der Waals surface area contributed by atoms with Gasteiger partial charge in [-0.1, -0.05) is 65.0 Å². The molecule has 0 spiro atoms. The fourth-order valence-electron chi connectivity index (χ4n) is 5.20. The summed E-state index contributed by atoms with van der Waals surface area (Å²) in [6, 6.07) is 21.0. The van der Waals surface area contributed by atoms with Crippen LogP contribution in [-0.2, 0) is 20.9 Å². The number of imide groups is 1. The molecular weight excluding hydrogens is 584 g/mol. The van der Waals surface area contributed by atoms with E-state index >= 15 is 0 Å². The lowest BCUT2D eigenvalue weighted by Gasteiger charge is -2.31. The first-order valence-corrected chi connectivity index (χ1v) is 14.9. The van der Waals surface area contributed by atoms with Crippen LogP contribution < -0.4 is 14.5 Å². The van der Waals surface area contributed by atoms with Gasteiger partial charge >= 0.3 is 10.8 Å². The number of aromatic amines is 1. The minimum absolute atomic E-state index is 0.235. The number of nitrogens with one attached hydrogen (secondary N) is 1. The summed E-state index contributed by atoms with van der Waals surface area (Å²) in [7, 11) is 0. The zero-order valence-electron chi connectivity index (χ0n) is 21.7. The second-order valence-corrected chi connectivity index (χ2v) is 12.1. The van der Waals surface area contributed by atoms with Crippen LogP contribution in [-0.4, -0.2) is 34.6 Å². The van der Waals surface area contributed by atoms with Crippen LogP contribution in [0, 0.1) is 5.92 Å². The van der Waals surface area contributed by atoms with E-state index in [1.807, 2.05) is 30.3 Å². The fourth-order valence-corrected chi connectivity index (χ4v) is 7.88. The molecule has 3 aromatic carbocycles. The Morgan fingerprint density at radius 2 is 1.76 bits per heavy atom. The third kappa shape index (κ3) is 5.07. The molecule has 4 aromatic rings. The highest BCUT2D eigenvalue weighted by Crippen LogP contribution is 2.54. The summed E-state index contributed by atoms with van der Waals surface area (Å²) in [5.74, 6) is -2.23. The molecule has 1 fully saturated rings. The third-order valence-electron chi connectivity index (χ3n) is 7.00. The summed E-state index contributed by atoms with van der Waals surface area (Å²) in [6.45, 7) is 2.24. The van der Waals surface area contributed by atoms with Crippen molar-refractivity contribution in [3.05, 3.63) is 109 Å². The van der Waals surface area contributed by atoms with Crippen LogP contribution in [0.25, 0.3) is 0 Å². The van der Waals surface area contributed by atoms with Crippen molar-refractivity contribution in [1.29, 1.82) is 0 Å². The van der Waals surface area contributed by atoms with E-state index in [9.17, 15) is 19.2 Å². The van der Waals surface area contributed by atoms with Crippen LogP contribution in [0.4, 0.5) is 5.69 Å². The van der Waals surface area contributed by atoms with Crippen molar-refractivity contribution < 1.29 is 23.9 Å². The molecule has 11 heteroatoms. The Bertz CT molecular complexity index is 1700. The van der Waals surface area contributed by atoms with Gasteiger partial charge < -0.3 is 14.5 Å². The molecule has 2 aliphatic heterocycles. The van der Waals surface area contributed by atoms with E-state index < -0.39 is 34.9 Å². The number of halogens is 1. The number of carbonyl (C=O) groups is 3. The van der Waals surface area contributed by atoms with Crippen LogP contribution in [0.1, 0.15) is 39.2 Å². The number of nitrogens with zero attached hydrogens (tertiary/aromatic N) is 1. The van der Waals surface area contributed by atoms with Crippen molar-refractivity contribution >= 4 is 58.2 Å². The standard InChI is InChI=1S/C30H23ClN2O6S2/c1-2-38-29(36)17-8-11-19(12-9-17)33-27(34)23-22(24-26(32-30(37)41-24)40-25(23)28(33)35)20-14-18(31)10-13-21(20)39-15-16-6-4-3-5-7-16/h3-14,22-23,25H,2,15H2,1H3,(H,32,37). The third-order valence-corrected chi connectivity index (χ3v) is 9.64. The zero-order valence-corrected chi connectivity index (χ0v) is 24.1. The van der Waals surface area contributed by atoms with E-state index in [1.165, 1.54) is 23.9 Å². The lowest BCUT2D eigenvalue weighted by Crippen LogP contribution is -2.32. The number of thiazole rings is 1. The monoisotopic (exact) mass is 606 g/mol. The Labute approximate surface area is 248 Å². The Hall–Kier alpha value is -3.86. The average molecular weight is 607 g/mol. The maximum Gasteiger partial charge on any atom is 0.338 e. The molecule has 3 unspecified atom stereocenters. The predicted molar refractivity (Wildman–Crippen MR) is 157 cm³/mol. The minimum atomic E-state index is -0.811. The number of benzene rings is 3. The van der Waals surface area contributed by atoms with Gasteiger partial charge in [0.25, 0.3) is 0 Å². The van der Waals surface area contributed by atoms with Crippen LogP contribution in [0.5, 0.6) is 5.75 Å². The van der Waals surface area contributed by atoms with Gasteiger partial charge in [-0.2, -0.15) is 0 Å². The van der Waals surface area contributed by atoms with Crippen molar-refractivity contribution in [1.82, 2.24) is 4.98 Å². The molecule has 41 heavy (non-hydrogen) atoms. The second-order valence-electron chi connectivity index (χ2n) is 9.49. The van der Waals surface area contributed by atoms with Gasteiger partial charge in [0.15, 0.2) is 0 Å². The highest BCUT2D eigenvalue weighted by atomic mass is 35.5. The molecule has 1 N–H and O–H groups in total. The summed E-state index contributed by atoms with van der Waals surface area (Å²) < 4.78 is 11.3. The van der Waals surface area contributed by atoms with Crippen molar-refractivity contribution in [2.75, 3.05) is 11.5 Å². The van der Waals surface area contributed by atoms with Gasteiger partial charge in [-0.25, -0.2) is 9.69 Å². The number of esters is 1. The normalized spacial score (nSPS) is 19.6. The Morgan fingerprint density at radius 1 is 1.00 bits per heavy atom. The predicted octanol–water partition coefficient (Wildman–Crippen LogP) is 5.64. The molecule has 6 rings (SSSR count). The molecule has 2 amide bonds. The van der Waals surface area contributed by atoms with Crippen LogP contribution in [0.15, 0.2) is 82.6 Å². The topological polar surface area (TPSA) is 106 Å². The van der Waals surface area contributed by atoms with Crippen molar-refractivity contribution in [2.45, 2.75) is 29.7 Å². The summed E-state index contributed by atoms with van der Waals surface area (Å²) in [4.78, 5) is 56.8. The first-order chi connectivity index (χ1) is 19.9. The maximum absolute atomic E-state index is 14.1. The van der Waals surface area contributed by atoms with Gasteiger partial charge in [-0.15, -0.1) is 0 Å². The summed E-state index contributed by atoms with van der Waals surface area (Å²) in [6.07, 6.45) is 0. The molecule has 3 atom stereocenters. The van der Waals surface area contributed by atoms with Gasteiger partial charge in [-0.05, 0) is 55.0 Å². The first kappa shape index (κ1) is 27.3. The quantitative estimate of drug-likeness (QED) is 0.214. The molecule has 1 aromatic heterocycles. The number of ether oxygens (including phenoxy) is 2. The molecule has 2 aliphatic rings. The van der Waals surface area contributed by atoms with Crippen molar-refractivity contribution in [3.8, 4) is 5.75 Å². The van der Waals surface area contributed by atoms with Gasteiger partial charge in [0, 0.05) is 21.4 Å². The maximum atomic E-state index is 14.1. The van der Waals surface area contributed by atoms with Gasteiger partial charge in [0.1, 0.15) is 17.6 Å². The number of amides is 2. The molecule has 0 radical (unpaired) electrons. The summed E-state index contributed by atoms with van der Waals surface area (Å²) >= 11 is 8.66. The largest absolute Gasteiger partial charge is 0.489 e. The highest BCUT2D eigenvalue weighted by molar-refractivity contribution is 8.00. The number of H-pyrrole nitrogens is 1. The van der Waals surface area contributed by atoms with E-state index in [2.05, 4.69) is 4.98 Å². The van der Waals surface area contributed by atoms with E-state index in [4.69, 9.17) is 21.1 Å². The molecule has 0 bridgehead atoms. The molecule has 0 saturated carbocycles. The Balaban J connectivity index is 1.40. The van der Waals surface area contributed by atoms with Crippen LogP contribution >= 0.6 is 34.7 Å². The summed E-state index contributed by atoms with van der Waals surface area (Å²) in [5.41, 5.74) is 2.26. The second kappa shape index (κ2) is 11.2. The molecular formula is C30H23ClN2O6S2. The zero-order chi connectivity index (χ0) is 28.7. The number of anilines is 1. The lowest BCUT2D eigenvalue weighted by atomic mass is 9.82. The van der Waals surface area contributed by atoms with E-state index in [0.717, 1.165) is 21.8 Å². The smallest absolute Gasteiger partial charge is 0.338 e. The van der Waals surface area contributed by atoms with Gasteiger partial charge in [0.05, 0.1) is 28.8 Å². The molecule has 0 aliphatic carbocycles. The number of aromatic nitrogens is 1. The number of thioether (sulfide) groups is 1. The van der Waals surface area contributed by atoms with Gasteiger partial charge in [0.2, 0.25) is 11.8 Å². The van der Waals surface area contributed by atoms with E-state index in [-0.39, 0.29) is 18.1 Å². The molecule has 3 heterocycles. The minimum Gasteiger partial charge on any atom is -0.489 e. The Morgan fingerprint density at radius 3 is 2.49 bits per heavy atom. The first-order valence-electron chi connectivity index (χ1n) is 12.9. The van der Waals surface area contributed by atoms with E-state index in [1.54, 1.807) is 37.3 Å². The number of rotatable bonds is 7. The van der Waals surface area contributed by atoms with Crippen molar-refractivity contribution in [2.24, 2.45) is 5.92 Å². The Kier molecular flexibility index (Phi) is 7.46. The van der Waals surface area contributed by atoms with Crippen molar-refractivity contribution in [3.63, 3.8) is 0 Å². The van der Waals surface area contributed by atoms with E-state index in [0.29, 0.717) is 37.5 Å². The molecule has 208 valence electrons. The molecule has 8 nitrogen and oxygen atoms in total. The average Bonchev–Trinajstić information content (AvgIpc) is 3.47. The molecule has 1 saturated heterocycles. The number of fused-ring (bicyclic) bond motifs is 2. The van der Waals surface area contributed by atoms with Crippen LogP contribution in [0.3, 0.4) is 0 Å². The van der Waals surface area contributed by atoms with Gasteiger partial charge in [-0.3, -0.25) is 14.4 Å². The number of hydrogen-bond donors (Lipinski definition) is 1. The number of hydrogen-bond acceptors (Lipinski definition) is 8. The fraction of sp³-hybridized carbons (Fsp3) is 0.200. The summed E-state index contributed by atoms with van der Waals surface area (Å²) in [5, 5.41) is 0.214. The van der Waals surface area contributed by atoms with Crippen LogP contribution in [0.2, 0.25) is 5.02 Å².